The normalized spacial score (nSPS) is 15.4. The van der Waals surface area contributed by atoms with E-state index in [1.807, 2.05) is 6.08 Å². The van der Waals surface area contributed by atoms with Crippen molar-refractivity contribution < 1.29 is 9.59 Å². The fourth-order valence-electron chi connectivity index (χ4n) is 6.14. The molecule has 0 atom stereocenters. The summed E-state index contributed by atoms with van der Waals surface area (Å²) in [4.78, 5) is 28.2. The fourth-order valence-corrected chi connectivity index (χ4v) is 14.7. The number of anilines is 3. The van der Waals surface area contributed by atoms with E-state index in [9.17, 15) is 9.59 Å². The quantitative estimate of drug-likeness (QED) is 0.122. The van der Waals surface area contributed by atoms with Crippen molar-refractivity contribution in [3.05, 3.63) is 92.6 Å². The van der Waals surface area contributed by atoms with Gasteiger partial charge in [0, 0.05) is 0 Å². The Hall–Kier alpha value is -2.76. The standard InChI is InChI=1S/C32H31NO2SSeSi/c1-3-5-17-38(18-6-4-2)28-13-9-7-11-26(28)33(27-12-8-10-14-29(27)38)30-16-15-22(37-30)19-23-31(34)24-20-36-21-25(24)32(23)35/h7-16,19-21H,3-6,17-18H2,1-2H3. The van der Waals surface area contributed by atoms with Crippen LogP contribution in [0.5, 0.6) is 0 Å². The summed E-state index contributed by atoms with van der Waals surface area (Å²) in [6.07, 6.45) is 6.81. The molecule has 0 spiro atoms. The number of benzene rings is 2. The molecular weight excluding hydrogens is 569 g/mol. The first-order valence-electron chi connectivity index (χ1n) is 13.6. The minimum absolute atomic E-state index is 0.0165. The number of thiophene rings is 1. The van der Waals surface area contributed by atoms with E-state index in [4.69, 9.17) is 0 Å². The van der Waals surface area contributed by atoms with E-state index in [1.165, 1.54) is 65.0 Å². The molecule has 0 radical (unpaired) electrons. The average Bonchev–Trinajstić information content (AvgIpc) is 3.67. The number of nitrogens with zero attached hydrogens (tertiary/aromatic N) is 1. The van der Waals surface area contributed by atoms with Gasteiger partial charge in [-0.2, -0.15) is 0 Å². The van der Waals surface area contributed by atoms with E-state index >= 15 is 0 Å². The molecule has 0 saturated heterocycles. The second kappa shape index (κ2) is 10.4. The van der Waals surface area contributed by atoms with Crippen molar-refractivity contribution >= 4 is 77.9 Å². The maximum atomic E-state index is 12.9. The molecule has 3 heterocycles. The van der Waals surface area contributed by atoms with Crippen LogP contribution in [0.4, 0.5) is 15.9 Å². The molecular formula is C32H31NO2SSeSi. The molecule has 4 aromatic rings. The van der Waals surface area contributed by atoms with Crippen LogP contribution in [0, 0.1) is 0 Å². The van der Waals surface area contributed by atoms with E-state index in [0.717, 1.165) is 4.44 Å². The number of rotatable bonds is 8. The molecule has 2 aliphatic rings. The number of ketones is 2. The summed E-state index contributed by atoms with van der Waals surface area (Å²) in [5.74, 6) is -0.264. The van der Waals surface area contributed by atoms with Gasteiger partial charge in [0.1, 0.15) is 0 Å². The van der Waals surface area contributed by atoms with Crippen LogP contribution in [0.15, 0.2) is 77.0 Å². The molecule has 0 bridgehead atoms. The Labute approximate surface area is 235 Å². The summed E-state index contributed by atoms with van der Waals surface area (Å²) in [7, 11) is -1.93. The first-order valence-corrected chi connectivity index (χ1v) is 18.6. The number of hydrogen-bond acceptors (Lipinski definition) is 4. The molecule has 192 valence electrons. The summed E-state index contributed by atoms with van der Waals surface area (Å²) >= 11 is 1.40. The summed E-state index contributed by atoms with van der Waals surface area (Å²) in [5.41, 5.74) is 4.09. The van der Waals surface area contributed by atoms with Crippen LogP contribution in [-0.4, -0.2) is 34.1 Å². The summed E-state index contributed by atoms with van der Waals surface area (Å²) in [5, 5.41) is 6.72. The van der Waals surface area contributed by atoms with Crippen LogP contribution in [-0.2, 0) is 0 Å². The zero-order chi connectivity index (χ0) is 26.3. The van der Waals surface area contributed by atoms with Gasteiger partial charge < -0.3 is 0 Å². The molecule has 2 aromatic carbocycles. The molecule has 0 N–H and O–H groups in total. The fraction of sp³-hybridized carbons (Fsp3) is 0.250. The molecule has 0 fully saturated rings. The Morgan fingerprint density at radius 2 is 1.34 bits per heavy atom. The van der Waals surface area contributed by atoms with Gasteiger partial charge in [0.2, 0.25) is 0 Å². The first kappa shape index (κ1) is 25.5. The topological polar surface area (TPSA) is 37.4 Å². The van der Waals surface area contributed by atoms with Crippen LogP contribution in [0.3, 0.4) is 0 Å². The molecule has 3 nitrogen and oxygen atoms in total. The maximum absolute atomic E-state index is 12.9. The van der Waals surface area contributed by atoms with Gasteiger partial charge in [0.05, 0.1) is 0 Å². The second-order valence-corrected chi connectivity index (χ2v) is 17.5. The molecule has 0 saturated carbocycles. The summed E-state index contributed by atoms with van der Waals surface area (Å²) in [6, 6.07) is 25.1. The number of fused-ring (bicyclic) bond motifs is 3. The molecule has 2 aromatic heterocycles. The predicted molar refractivity (Wildman–Crippen MR) is 163 cm³/mol. The number of carbonyl (C=O) groups excluding carboxylic acids is 2. The summed E-state index contributed by atoms with van der Waals surface area (Å²) < 4.78 is 2.32. The summed E-state index contributed by atoms with van der Waals surface area (Å²) in [6.45, 7) is 4.61. The van der Waals surface area contributed by atoms with E-state index in [2.05, 4.69) is 79.4 Å². The number of Topliss-reactive ketones (excluding diaryl/α,β-unsaturated/α-hetero) is 2. The molecule has 1 aliphatic heterocycles. The van der Waals surface area contributed by atoms with Gasteiger partial charge in [-0.3, -0.25) is 0 Å². The Balaban J connectivity index is 1.45. The molecule has 0 amide bonds. The van der Waals surface area contributed by atoms with E-state index in [-0.39, 0.29) is 26.1 Å². The molecule has 38 heavy (non-hydrogen) atoms. The third kappa shape index (κ3) is 4.06. The van der Waals surface area contributed by atoms with E-state index < -0.39 is 8.07 Å². The number of hydrogen-bond donors (Lipinski definition) is 0. The van der Waals surface area contributed by atoms with Crippen molar-refractivity contribution in [2.24, 2.45) is 0 Å². The van der Waals surface area contributed by atoms with Gasteiger partial charge in [-0.1, -0.05) is 0 Å². The van der Waals surface area contributed by atoms with Crippen LogP contribution < -0.4 is 15.3 Å². The Kier molecular flexibility index (Phi) is 7.00. The SMILES string of the molecule is CCCC[Si]1(CCCC)c2ccccc2N(c2ccc(C=C3C(=O)c4cscc4C3=O)[se]2)c2ccccc21. The number of unbranched alkanes of at least 4 members (excludes halogenated alkanes) is 2. The van der Waals surface area contributed by atoms with Gasteiger partial charge in [-0.05, 0) is 0 Å². The Bertz CT molecular complexity index is 1470. The van der Waals surface area contributed by atoms with Crippen LogP contribution in [0.1, 0.15) is 64.7 Å². The van der Waals surface area contributed by atoms with Gasteiger partial charge >= 0.3 is 237 Å². The van der Waals surface area contributed by atoms with E-state index in [1.54, 1.807) is 21.1 Å². The van der Waals surface area contributed by atoms with E-state index in [0.29, 0.717) is 16.7 Å². The van der Waals surface area contributed by atoms with Crippen LogP contribution >= 0.6 is 11.3 Å². The number of allylic oxidation sites excluding steroid dienone is 1. The minimum atomic E-state index is -1.93. The van der Waals surface area contributed by atoms with Crippen molar-refractivity contribution in [2.45, 2.75) is 51.6 Å². The second-order valence-electron chi connectivity index (χ2n) is 10.3. The molecule has 6 heteroatoms. The van der Waals surface area contributed by atoms with Crippen molar-refractivity contribution in [1.29, 1.82) is 0 Å². The van der Waals surface area contributed by atoms with Gasteiger partial charge in [-0.25, -0.2) is 0 Å². The van der Waals surface area contributed by atoms with Gasteiger partial charge in [0.15, 0.2) is 0 Å². The molecule has 0 unspecified atom stereocenters. The van der Waals surface area contributed by atoms with Crippen molar-refractivity contribution in [2.75, 3.05) is 4.90 Å². The molecule has 1 aliphatic carbocycles. The van der Waals surface area contributed by atoms with Gasteiger partial charge in [0.25, 0.3) is 0 Å². The Morgan fingerprint density at radius 3 is 1.89 bits per heavy atom. The molecule has 6 rings (SSSR count). The first-order chi connectivity index (χ1) is 18.6. The van der Waals surface area contributed by atoms with Crippen LogP contribution in [0.25, 0.3) is 6.08 Å². The van der Waals surface area contributed by atoms with Crippen molar-refractivity contribution in [3.63, 3.8) is 0 Å². The van der Waals surface area contributed by atoms with Crippen LogP contribution in [0.2, 0.25) is 12.1 Å². The number of para-hydroxylation sites is 2. The third-order valence-electron chi connectivity index (χ3n) is 8.00. The Morgan fingerprint density at radius 1 is 0.789 bits per heavy atom. The van der Waals surface area contributed by atoms with Crippen molar-refractivity contribution in [3.8, 4) is 0 Å². The monoisotopic (exact) mass is 601 g/mol. The predicted octanol–water partition coefficient (Wildman–Crippen LogP) is 7.21. The average molecular weight is 601 g/mol. The van der Waals surface area contributed by atoms with Gasteiger partial charge in [-0.15, -0.1) is 0 Å². The number of carbonyl (C=O) groups is 2. The van der Waals surface area contributed by atoms with Crippen molar-refractivity contribution in [1.82, 2.24) is 0 Å². The zero-order valence-electron chi connectivity index (χ0n) is 21.8. The zero-order valence-corrected chi connectivity index (χ0v) is 25.4. The third-order valence-corrected chi connectivity index (χ3v) is 16.2.